The van der Waals surface area contributed by atoms with Gasteiger partial charge in [-0.2, -0.15) is 0 Å². The molecule has 0 bridgehead atoms. The van der Waals surface area contributed by atoms with Gasteiger partial charge in [0.25, 0.3) is 0 Å². The number of nitrogens with zero attached hydrogens (tertiary/aromatic N) is 2. The van der Waals surface area contributed by atoms with Gasteiger partial charge in [-0.3, -0.25) is 0 Å². The van der Waals surface area contributed by atoms with Crippen molar-refractivity contribution in [3.8, 4) is 0 Å². The first kappa shape index (κ1) is 14.3. The zero-order valence-electron chi connectivity index (χ0n) is 11.6. The maximum absolute atomic E-state index is 6.34. The number of aromatic nitrogens is 2. The highest BCUT2D eigenvalue weighted by molar-refractivity contribution is 9.10. The molecule has 0 saturated heterocycles. The summed E-state index contributed by atoms with van der Waals surface area (Å²) in [6.07, 6.45) is 2.82. The maximum atomic E-state index is 6.34. The van der Waals surface area contributed by atoms with Crippen molar-refractivity contribution in [1.82, 2.24) is 9.55 Å². The first-order valence-corrected chi connectivity index (χ1v) is 7.35. The molecule has 0 radical (unpaired) electrons. The van der Waals surface area contributed by atoms with Crippen LogP contribution in [-0.2, 0) is 0 Å². The summed E-state index contributed by atoms with van der Waals surface area (Å²) >= 11 is 3.47. The summed E-state index contributed by atoms with van der Waals surface area (Å²) in [5.41, 5.74) is 9.80. The molecule has 0 aliphatic carbocycles. The average Bonchev–Trinajstić information content (AvgIpc) is 2.73. The van der Waals surface area contributed by atoms with E-state index in [0.717, 1.165) is 16.6 Å². The molecule has 0 aliphatic heterocycles. The van der Waals surface area contributed by atoms with Crippen molar-refractivity contribution in [3.05, 3.63) is 52.0 Å². The third kappa shape index (κ3) is 2.90. The molecule has 19 heavy (non-hydrogen) atoms. The molecule has 0 aliphatic rings. The number of benzene rings is 1. The van der Waals surface area contributed by atoms with Crippen LogP contribution in [0.4, 0.5) is 0 Å². The van der Waals surface area contributed by atoms with Crippen LogP contribution in [0.3, 0.4) is 0 Å². The van der Waals surface area contributed by atoms with Crippen LogP contribution in [0, 0.1) is 13.8 Å². The van der Waals surface area contributed by atoms with Gasteiger partial charge in [0.05, 0.1) is 18.1 Å². The zero-order chi connectivity index (χ0) is 14.0. The van der Waals surface area contributed by atoms with Gasteiger partial charge >= 0.3 is 0 Å². The quantitative estimate of drug-likeness (QED) is 0.935. The van der Waals surface area contributed by atoms with Crippen LogP contribution in [0.1, 0.15) is 36.3 Å². The summed E-state index contributed by atoms with van der Waals surface area (Å²) in [6.45, 7) is 6.24. The van der Waals surface area contributed by atoms with Gasteiger partial charge in [0.15, 0.2) is 0 Å². The topological polar surface area (TPSA) is 43.8 Å². The van der Waals surface area contributed by atoms with Crippen LogP contribution >= 0.6 is 15.9 Å². The van der Waals surface area contributed by atoms with Crippen molar-refractivity contribution < 1.29 is 0 Å². The Labute approximate surface area is 123 Å². The van der Waals surface area contributed by atoms with Gasteiger partial charge in [-0.15, -0.1) is 0 Å². The summed E-state index contributed by atoms with van der Waals surface area (Å²) < 4.78 is 3.27. The van der Waals surface area contributed by atoms with E-state index in [0.29, 0.717) is 0 Å². The Balaban J connectivity index is 2.47. The molecule has 2 aromatic rings. The van der Waals surface area contributed by atoms with Crippen LogP contribution in [0.25, 0.3) is 0 Å². The monoisotopic (exact) mass is 321 g/mol. The summed E-state index contributed by atoms with van der Waals surface area (Å²) in [5, 5.41) is 0. The van der Waals surface area contributed by atoms with E-state index in [1.54, 1.807) is 0 Å². The lowest BCUT2D eigenvalue weighted by atomic mass is 9.97. The van der Waals surface area contributed by atoms with Crippen LogP contribution < -0.4 is 5.73 Å². The molecule has 2 rings (SSSR count). The average molecular weight is 322 g/mol. The molecule has 4 heteroatoms. The standard InChI is InChI=1S/C15H20BrN3/c1-4-14(17)15(12-5-7-13(16)8-6-12)19-9-18-10(2)11(19)3/h5-9,14-15H,4,17H2,1-3H3. The van der Waals surface area contributed by atoms with Crippen LogP contribution in [0.5, 0.6) is 0 Å². The summed E-state index contributed by atoms with van der Waals surface area (Å²) in [4.78, 5) is 4.39. The molecule has 0 amide bonds. The second kappa shape index (κ2) is 5.88. The Morgan fingerprint density at radius 1 is 1.26 bits per heavy atom. The second-order valence-electron chi connectivity index (χ2n) is 4.89. The molecule has 2 atom stereocenters. The Morgan fingerprint density at radius 3 is 2.37 bits per heavy atom. The molecule has 1 aromatic carbocycles. The number of halogens is 1. The Kier molecular flexibility index (Phi) is 4.42. The fraction of sp³-hybridized carbons (Fsp3) is 0.400. The predicted octanol–water partition coefficient (Wildman–Crippen LogP) is 3.59. The van der Waals surface area contributed by atoms with Crippen molar-refractivity contribution in [1.29, 1.82) is 0 Å². The van der Waals surface area contributed by atoms with E-state index in [4.69, 9.17) is 5.73 Å². The lowest BCUT2D eigenvalue weighted by molar-refractivity contribution is 0.452. The molecule has 0 spiro atoms. The molecule has 2 N–H and O–H groups in total. The van der Waals surface area contributed by atoms with Crippen molar-refractivity contribution in [2.24, 2.45) is 5.73 Å². The first-order valence-electron chi connectivity index (χ1n) is 6.55. The minimum Gasteiger partial charge on any atom is -0.326 e. The molecule has 1 aromatic heterocycles. The van der Waals surface area contributed by atoms with E-state index in [-0.39, 0.29) is 12.1 Å². The number of rotatable bonds is 4. The predicted molar refractivity (Wildman–Crippen MR) is 82.2 cm³/mol. The molecular formula is C15H20BrN3. The molecule has 102 valence electrons. The first-order chi connectivity index (χ1) is 9.04. The van der Waals surface area contributed by atoms with E-state index < -0.39 is 0 Å². The van der Waals surface area contributed by atoms with Gasteiger partial charge in [0, 0.05) is 16.2 Å². The molecule has 0 saturated carbocycles. The summed E-state index contributed by atoms with van der Waals surface area (Å²) in [7, 11) is 0. The Morgan fingerprint density at radius 2 is 1.89 bits per heavy atom. The van der Waals surface area contributed by atoms with Crippen LogP contribution in [0.15, 0.2) is 35.1 Å². The third-order valence-electron chi connectivity index (χ3n) is 3.67. The van der Waals surface area contributed by atoms with Gasteiger partial charge in [-0.25, -0.2) is 4.98 Å². The molecular weight excluding hydrogens is 302 g/mol. The second-order valence-corrected chi connectivity index (χ2v) is 5.81. The zero-order valence-corrected chi connectivity index (χ0v) is 13.2. The fourth-order valence-corrected chi connectivity index (χ4v) is 2.56. The summed E-state index contributed by atoms with van der Waals surface area (Å²) in [6, 6.07) is 8.58. The highest BCUT2D eigenvalue weighted by Gasteiger charge is 2.22. The molecule has 2 unspecified atom stereocenters. The number of nitrogens with two attached hydrogens (primary N) is 1. The number of hydrogen-bond acceptors (Lipinski definition) is 2. The van der Waals surface area contributed by atoms with E-state index in [2.05, 4.69) is 63.6 Å². The number of aryl methyl sites for hydroxylation is 1. The fourth-order valence-electron chi connectivity index (χ4n) is 2.29. The lowest BCUT2D eigenvalue weighted by Crippen LogP contribution is -2.32. The molecule has 3 nitrogen and oxygen atoms in total. The Hall–Kier alpha value is -1.13. The number of hydrogen-bond donors (Lipinski definition) is 1. The SMILES string of the molecule is CCC(N)C(c1ccc(Br)cc1)n1cnc(C)c1C. The molecule has 0 fully saturated rings. The lowest BCUT2D eigenvalue weighted by Gasteiger charge is -2.26. The van der Waals surface area contributed by atoms with Gasteiger partial charge in [-0.05, 0) is 38.0 Å². The highest BCUT2D eigenvalue weighted by atomic mass is 79.9. The van der Waals surface area contributed by atoms with Gasteiger partial charge < -0.3 is 10.3 Å². The van der Waals surface area contributed by atoms with Gasteiger partial charge in [0.2, 0.25) is 0 Å². The largest absolute Gasteiger partial charge is 0.326 e. The smallest absolute Gasteiger partial charge is 0.0957 e. The highest BCUT2D eigenvalue weighted by Crippen LogP contribution is 2.26. The van der Waals surface area contributed by atoms with Crippen molar-refractivity contribution in [2.45, 2.75) is 39.3 Å². The third-order valence-corrected chi connectivity index (χ3v) is 4.20. The van der Waals surface area contributed by atoms with E-state index >= 15 is 0 Å². The van der Waals surface area contributed by atoms with Crippen molar-refractivity contribution in [3.63, 3.8) is 0 Å². The Bertz CT molecular complexity index is 545. The molecule has 1 heterocycles. The normalized spacial score (nSPS) is 14.4. The van der Waals surface area contributed by atoms with Crippen LogP contribution in [0.2, 0.25) is 0 Å². The number of imidazole rings is 1. The summed E-state index contributed by atoms with van der Waals surface area (Å²) in [5.74, 6) is 0. The van der Waals surface area contributed by atoms with Crippen molar-refractivity contribution >= 4 is 15.9 Å². The minimum absolute atomic E-state index is 0.0773. The van der Waals surface area contributed by atoms with E-state index in [1.807, 2.05) is 13.3 Å². The minimum atomic E-state index is 0.0773. The van der Waals surface area contributed by atoms with Crippen LogP contribution in [-0.4, -0.2) is 15.6 Å². The van der Waals surface area contributed by atoms with E-state index in [9.17, 15) is 0 Å². The van der Waals surface area contributed by atoms with Gasteiger partial charge in [0.1, 0.15) is 0 Å². The van der Waals surface area contributed by atoms with Crippen molar-refractivity contribution in [2.75, 3.05) is 0 Å². The maximum Gasteiger partial charge on any atom is 0.0957 e. The van der Waals surface area contributed by atoms with Gasteiger partial charge in [-0.1, -0.05) is 35.0 Å². The van der Waals surface area contributed by atoms with E-state index in [1.165, 1.54) is 11.3 Å².